The Morgan fingerprint density at radius 2 is 1.92 bits per heavy atom. The molecule has 0 aromatic heterocycles. The van der Waals surface area contributed by atoms with E-state index in [1.807, 2.05) is 12.1 Å². The summed E-state index contributed by atoms with van der Waals surface area (Å²) in [5.41, 5.74) is 4.66. The van der Waals surface area contributed by atoms with Crippen molar-refractivity contribution in [3.63, 3.8) is 0 Å². The van der Waals surface area contributed by atoms with Crippen LogP contribution in [0, 0.1) is 11.7 Å². The molecule has 0 N–H and O–H groups in total. The van der Waals surface area contributed by atoms with Crippen LogP contribution in [0.3, 0.4) is 0 Å². The third-order valence-corrected chi connectivity index (χ3v) is 4.96. The number of unbranched alkanes of at least 4 members (excludes halogenated alkanes) is 1. The minimum absolute atomic E-state index is 0.287. The van der Waals surface area contributed by atoms with Gasteiger partial charge in [0, 0.05) is 0 Å². The second-order valence-electron chi connectivity index (χ2n) is 6.56. The van der Waals surface area contributed by atoms with Crippen molar-refractivity contribution in [2.24, 2.45) is 5.92 Å². The lowest BCUT2D eigenvalue weighted by molar-refractivity contribution is 0.386. The summed E-state index contributed by atoms with van der Waals surface area (Å²) >= 11 is 0. The van der Waals surface area contributed by atoms with Gasteiger partial charge >= 0.3 is 0 Å². The lowest BCUT2D eigenvalue weighted by Gasteiger charge is -2.27. The van der Waals surface area contributed by atoms with Gasteiger partial charge in [-0.15, -0.1) is 0 Å². The van der Waals surface area contributed by atoms with E-state index in [4.69, 9.17) is 9.47 Å². The molecule has 0 amide bonds. The van der Waals surface area contributed by atoms with Crippen molar-refractivity contribution in [2.45, 2.75) is 32.6 Å². The summed E-state index contributed by atoms with van der Waals surface area (Å²) in [6, 6.07) is 11.5. The summed E-state index contributed by atoms with van der Waals surface area (Å²) in [4.78, 5) is 0. The van der Waals surface area contributed by atoms with Crippen molar-refractivity contribution in [3.8, 4) is 11.5 Å². The van der Waals surface area contributed by atoms with Gasteiger partial charge in [0.15, 0.2) is 11.6 Å². The van der Waals surface area contributed by atoms with Gasteiger partial charge in [-0.1, -0.05) is 38.0 Å². The van der Waals surface area contributed by atoms with Gasteiger partial charge in [0.1, 0.15) is 5.75 Å². The Morgan fingerprint density at radius 1 is 1.08 bits per heavy atom. The van der Waals surface area contributed by atoms with Gasteiger partial charge in [0.25, 0.3) is 0 Å². The van der Waals surface area contributed by atoms with Gasteiger partial charge in [-0.25, -0.2) is 4.39 Å². The molecule has 3 rings (SSSR count). The van der Waals surface area contributed by atoms with Gasteiger partial charge in [-0.05, 0) is 65.3 Å². The number of methoxy groups -OCH3 is 2. The third-order valence-electron chi connectivity index (χ3n) is 4.96. The van der Waals surface area contributed by atoms with Crippen molar-refractivity contribution >= 4 is 11.6 Å². The standard InChI is InChI=1S/C22H25FO2/c1-4-5-6-16-11-18-12-19(24-2)9-7-15(18)13-20(16)17-8-10-22(25-3)21(23)14-17/h7-10,12-14,16H,4-6,11H2,1-3H3/t16-/m0/s1. The van der Waals surface area contributed by atoms with Crippen LogP contribution in [0.2, 0.25) is 0 Å². The van der Waals surface area contributed by atoms with E-state index in [2.05, 4.69) is 25.1 Å². The highest BCUT2D eigenvalue weighted by Gasteiger charge is 2.23. The van der Waals surface area contributed by atoms with E-state index in [0.29, 0.717) is 5.92 Å². The number of rotatable bonds is 6. The number of hydrogen-bond acceptors (Lipinski definition) is 2. The molecule has 1 aliphatic carbocycles. The van der Waals surface area contributed by atoms with Crippen molar-refractivity contribution in [3.05, 3.63) is 58.9 Å². The molecule has 0 saturated carbocycles. The predicted octanol–water partition coefficient (Wildman–Crippen LogP) is 5.75. The van der Waals surface area contributed by atoms with E-state index in [0.717, 1.165) is 30.6 Å². The minimum Gasteiger partial charge on any atom is -0.497 e. The molecule has 2 aromatic rings. The quantitative estimate of drug-likeness (QED) is 0.667. The van der Waals surface area contributed by atoms with E-state index in [-0.39, 0.29) is 11.6 Å². The van der Waals surface area contributed by atoms with Gasteiger partial charge in [-0.3, -0.25) is 0 Å². The number of halogens is 1. The molecule has 2 nitrogen and oxygen atoms in total. The Hall–Kier alpha value is -2.29. The van der Waals surface area contributed by atoms with Crippen LogP contribution in [0.5, 0.6) is 11.5 Å². The van der Waals surface area contributed by atoms with E-state index in [1.54, 1.807) is 19.2 Å². The van der Waals surface area contributed by atoms with Crippen molar-refractivity contribution < 1.29 is 13.9 Å². The first kappa shape index (κ1) is 17.5. The van der Waals surface area contributed by atoms with E-state index >= 15 is 0 Å². The van der Waals surface area contributed by atoms with Crippen LogP contribution in [0.4, 0.5) is 4.39 Å². The Bertz CT molecular complexity index is 780. The topological polar surface area (TPSA) is 18.5 Å². The molecule has 0 aliphatic heterocycles. The van der Waals surface area contributed by atoms with Gasteiger partial charge < -0.3 is 9.47 Å². The average Bonchev–Trinajstić information content (AvgIpc) is 2.65. The Kier molecular flexibility index (Phi) is 5.42. The SMILES string of the molecule is CCCC[C@H]1Cc2cc(OC)ccc2C=C1c1ccc(OC)c(F)c1. The summed E-state index contributed by atoms with van der Waals surface area (Å²) in [6.45, 7) is 2.20. The second kappa shape index (κ2) is 7.73. The van der Waals surface area contributed by atoms with Crippen LogP contribution in [0.1, 0.15) is 42.9 Å². The highest BCUT2D eigenvalue weighted by Crippen LogP contribution is 2.39. The van der Waals surface area contributed by atoms with Crippen LogP contribution in [-0.4, -0.2) is 14.2 Å². The van der Waals surface area contributed by atoms with E-state index < -0.39 is 0 Å². The zero-order chi connectivity index (χ0) is 17.8. The molecule has 0 radical (unpaired) electrons. The van der Waals surface area contributed by atoms with Crippen LogP contribution < -0.4 is 9.47 Å². The molecule has 0 unspecified atom stereocenters. The van der Waals surface area contributed by atoms with Crippen LogP contribution >= 0.6 is 0 Å². The molecular weight excluding hydrogens is 315 g/mol. The molecule has 0 saturated heterocycles. The van der Waals surface area contributed by atoms with Crippen LogP contribution in [0.25, 0.3) is 11.6 Å². The van der Waals surface area contributed by atoms with Crippen molar-refractivity contribution in [1.29, 1.82) is 0 Å². The molecule has 0 fully saturated rings. The zero-order valence-corrected chi connectivity index (χ0v) is 15.1. The molecule has 1 aliphatic rings. The summed E-state index contributed by atoms with van der Waals surface area (Å²) in [5.74, 6) is 1.26. The van der Waals surface area contributed by atoms with Gasteiger partial charge in [0.05, 0.1) is 14.2 Å². The van der Waals surface area contributed by atoms with Crippen molar-refractivity contribution in [1.82, 2.24) is 0 Å². The molecule has 2 aromatic carbocycles. The first-order valence-electron chi connectivity index (χ1n) is 8.88. The Morgan fingerprint density at radius 3 is 2.60 bits per heavy atom. The number of hydrogen-bond donors (Lipinski definition) is 0. The normalized spacial score (nSPS) is 16.2. The first-order chi connectivity index (χ1) is 12.2. The molecular formula is C22H25FO2. The van der Waals surface area contributed by atoms with Crippen molar-refractivity contribution in [2.75, 3.05) is 14.2 Å². The first-order valence-corrected chi connectivity index (χ1v) is 8.88. The molecule has 0 spiro atoms. The molecule has 1 atom stereocenters. The van der Waals surface area contributed by atoms with Gasteiger partial charge in [0.2, 0.25) is 0 Å². The molecule has 0 heterocycles. The van der Waals surface area contributed by atoms with Crippen LogP contribution in [0.15, 0.2) is 36.4 Å². The molecule has 3 heteroatoms. The van der Waals surface area contributed by atoms with Crippen LogP contribution in [-0.2, 0) is 6.42 Å². The fraction of sp³-hybridized carbons (Fsp3) is 0.364. The highest BCUT2D eigenvalue weighted by molar-refractivity contribution is 5.86. The highest BCUT2D eigenvalue weighted by atomic mass is 19.1. The number of benzene rings is 2. The summed E-state index contributed by atoms with van der Waals surface area (Å²) in [7, 11) is 3.19. The van der Waals surface area contributed by atoms with Gasteiger partial charge in [-0.2, -0.15) is 0 Å². The fourth-order valence-corrected chi connectivity index (χ4v) is 3.56. The number of ether oxygens (including phenoxy) is 2. The number of allylic oxidation sites excluding steroid dienone is 1. The molecule has 132 valence electrons. The smallest absolute Gasteiger partial charge is 0.165 e. The molecule has 0 bridgehead atoms. The Labute approximate surface area is 149 Å². The van der Waals surface area contributed by atoms with E-state index in [1.165, 1.54) is 30.2 Å². The summed E-state index contributed by atoms with van der Waals surface area (Å²) < 4.78 is 24.6. The predicted molar refractivity (Wildman–Crippen MR) is 101 cm³/mol. The summed E-state index contributed by atoms with van der Waals surface area (Å²) in [6.07, 6.45) is 6.60. The average molecular weight is 340 g/mol. The molecule has 25 heavy (non-hydrogen) atoms. The maximum absolute atomic E-state index is 14.2. The zero-order valence-electron chi connectivity index (χ0n) is 15.1. The lowest BCUT2D eigenvalue weighted by Crippen LogP contribution is -2.13. The largest absolute Gasteiger partial charge is 0.497 e. The van der Waals surface area contributed by atoms with E-state index in [9.17, 15) is 4.39 Å². The number of fused-ring (bicyclic) bond motifs is 1. The monoisotopic (exact) mass is 340 g/mol. The maximum atomic E-state index is 14.2. The summed E-state index contributed by atoms with van der Waals surface area (Å²) in [5, 5.41) is 0. The lowest BCUT2D eigenvalue weighted by atomic mass is 9.78. The second-order valence-corrected chi connectivity index (χ2v) is 6.56. The fourth-order valence-electron chi connectivity index (χ4n) is 3.56. The minimum atomic E-state index is -0.310. The third kappa shape index (κ3) is 3.71. The maximum Gasteiger partial charge on any atom is 0.165 e. The Balaban J connectivity index is 2.02.